The fraction of sp³-hybridized carbons (Fsp3) is 0.136. The molecule has 0 aliphatic heterocycles. The van der Waals surface area contributed by atoms with Gasteiger partial charge in [-0.2, -0.15) is 0 Å². The molecule has 0 aromatic heterocycles. The van der Waals surface area contributed by atoms with Gasteiger partial charge in [-0.25, -0.2) is 8.42 Å². The van der Waals surface area contributed by atoms with E-state index in [9.17, 15) is 13.2 Å². The zero-order valence-electron chi connectivity index (χ0n) is 16.5. The van der Waals surface area contributed by atoms with Gasteiger partial charge in [-0.15, -0.1) is 0 Å². The number of para-hydroxylation sites is 2. The van der Waals surface area contributed by atoms with Crippen molar-refractivity contribution < 1.29 is 17.9 Å². The SMILES string of the molecule is COc1ccccc1NS(=O)(=O)c1cc(C(=O)NCc2ccccc2Cl)ccc1C. The summed E-state index contributed by atoms with van der Waals surface area (Å²) in [5.74, 6) is -0.00368. The molecule has 1 amide bonds. The first kappa shape index (κ1) is 21.7. The highest BCUT2D eigenvalue weighted by Gasteiger charge is 2.21. The van der Waals surface area contributed by atoms with Gasteiger partial charge >= 0.3 is 0 Å². The number of halogens is 1. The summed E-state index contributed by atoms with van der Waals surface area (Å²) < 4.78 is 33.7. The molecule has 3 aromatic carbocycles. The molecule has 0 spiro atoms. The third-order valence-corrected chi connectivity index (χ3v) is 6.36. The average molecular weight is 445 g/mol. The maximum absolute atomic E-state index is 13.0. The number of rotatable bonds is 7. The van der Waals surface area contributed by atoms with Crippen LogP contribution in [0.3, 0.4) is 0 Å². The molecule has 2 N–H and O–H groups in total. The molecule has 156 valence electrons. The highest BCUT2D eigenvalue weighted by Crippen LogP contribution is 2.27. The zero-order chi connectivity index (χ0) is 21.7. The Bertz CT molecular complexity index is 1180. The van der Waals surface area contributed by atoms with Crippen LogP contribution in [-0.2, 0) is 16.6 Å². The molecule has 3 rings (SSSR count). The lowest BCUT2D eigenvalue weighted by Crippen LogP contribution is -2.24. The Morgan fingerprint density at radius 1 is 1.03 bits per heavy atom. The number of amides is 1. The van der Waals surface area contributed by atoms with Crippen LogP contribution >= 0.6 is 11.6 Å². The summed E-state index contributed by atoms with van der Waals surface area (Å²) in [5.41, 5.74) is 1.83. The predicted molar refractivity (Wildman–Crippen MR) is 118 cm³/mol. The Hall–Kier alpha value is -3.03. The van der Waals surface area contributed by atoms with Crippen molar-refractivity contribution in [3.63, 3.8) is 0 Å². The molecule has 8 heteroatoms. The van der Waals surface area contributed by atoms with E-state index in [4.69, 9.17) is 16.3 Å². The smallest absolute Gasteiger partial charge is 0.262 e. The van der Waals surface area contributed by atoms with Crippen LogP contribution in [0.25, 0.3) is 0 Å². The third-order valence-electron chi connectivity index (χ3n) is 4.49. The molecular formula is C22H21ClN2O4S. The molecule has 0 saturated heterocycles. The highest BCUT2D eigenvalue weighted by molar-refractivity contribution is 7.92. The van der Waals surface area contributed by atoms with E-state index in [1.807, 2.05) is 12.1 Å². The van der Waals surface area contributed by atoms with Crippen LogP contribution < -0.4 is 14.8 Å². The second-order valence-corrected chi connectivity index (χ2v) is 8.62. The number of nitrogens with one attached hydrogen (secondary N) is 2. The fourth-order valence-electron chi connectivity index (χ4n) is 2.88. The largest absolute Gasteiger partial charge is 0.495 e. The Labute approximate surface area is 180 Å². The summed E-state index contributed by atoms with van der Waals surface area (Å²) in [6.07, 6.45) is 0. The molecular weight excluding hydrogens is 424 g/mol. The number of hydrogen-bond acceptors (Lipinski definition) is 4. The van der Waals surface area contributed by atoms with E-state index in [0.29, 0.717) is 22.0 Å². The molecule has 0 heterocycles. The van der Waals surface area contributed by atoms with Gasteiger partial charge < -0.3 is 10.1 Å². The van der Waals surface area contributed by atoms with Crippen LogP contribution in [0, 0.1) is 6.92 Å². The Morgan fingerprint density at radius 3 is 2.47 bits per heavy atom. The molecule has 0 radical (unpaired) electrons. The quantitative estimate of drug-likeness (QED) is 0.566. The number of hydrogen-bond donors (Lipinski definition) is 2. The summed E-state index contributed by atoms with van der Waals surface area (Å²) in [4.78, 5) is 12.6. The van der Waals surface area contributed by atoms with Crippen LogP contribution in [-0.4, -0.2) is 21.4 Å². The minimum absolute atomic E-state index is 0.0128. The maximum Gasteiger partial charge on any atom is 0.262 e. The number of anilines is 1. The number of aryl methyl sites for hydroxylation is 1. The van der Waals surface area contributed by atoms with Gasteiger partial charge in [0, 0.05) is 17.1 Å². The van der Waals surface area contributed by atoms with Gasteiger partial charge in [0.2, 0.25) is 0 Å². The number of ether oxygens (including phenoxy) is 1. The first-order chi connectivity index (χ1) is 14.3. The van der Waals surface area contributed by atoms with E-state index in [1.54, 1.807) is 55.5 Å². The molecule has 30 heavy (non-hydrogen) atoms. The molecule has 3 aromatic rings. The molecule has 0 atom stereocenters. The van der Waals surface area contributed by atoms with E-state index < -0.39 is 15.9 Å². The van der Waals surface area contributed by atoms with Gasteiger partial charge in [0.25, 0.3) is 15.9 Å². The molecule has 0 unspecified atom stereocenters. The van der Waals surface area contributed by atoms with Gasteiger partial charge in [0.15, 0.2) is 0 Å². The van der Waals surface area contributed by atoms with Gasteiger partial charge in [-0.05, 0) is 48.4 Å². The lowest BCUT2D eigenvalue weighted by Gasteiger charge is -2.14. The van der Waals surface area contributed by atoms with Crippen molar-refractivity contribution in [2.45, 2.75) is 18.4 Å². The van der Waals surface area contributed by atoms with Crippen LogP contribution in [0.15, 0.2) is 71.6 Å². The summed E-state index contributed by atoms with van der Waals surface area (Å²) in [6.45, 7) is 1.90. The van der Waals surface area contributed by atoms with E-state index in [0.717, 1.165) is 5.56 Å². The van der Waals surface area contributed by atoms with Crippen molar-refractivity contribution in [2.24, 2.45) is 0 Å². The van der Waals surface area contributed by atoms with Crippen LogP contribution in [0.5, 0.6) is 5.75 Å². The second kappa shape index (κ2) is 9.19. The van der Waals surface area contributed by atoms with Crippen LogP contribution in [0.4, 0.5) is 5.69 Å². The fourth-order valence-corrected chi connectivity index (χ4v) is 4.42. The van der Waals surface area contributed by atoms with Gasteiger partial charge in [0.1, 0.15) is 5.75 Å². The average Bonchev–Trinajstić information content (AvgIpc) is 2.73. The minimum atomic E-state index is -3.94. The van der Waals surface area contributed by atoms with Crippen molar-refractivity contribution in [1.29, 1.82) is 0 Å². The second-order valence-electron chi connectivity index (χ2n) is 6.56. The number of sulfonamides is 1. The lowest BCUT2D eigenvalue weighted by molar-refractivity contribution is 0.0950. The van der Waals surface area contributed by atoms with Gasteiger partial charge in [-0.1, -0.05) is 48.0 Å². The maximum atomic E-state index is 13.0. The van der Waals surface area contributed by atoms with Crippen molar-refractivity contribution in [3.8, 4) is 5.75 Å². The number of carbonyl (C=O) groups is 1. The van der Waals surface area contributed by atoms with Crippen molar-refractivity contribution >= 4 is 33.2 Å². The summed E-state index contributed by atoms with van der Waals surface area (Å²) >= 11 is 6.11. The van der Waals surface area contributed by atoms with Gasteiger partial charge in [-0.3, -0.25) is 9.52 Å². The summed E-state index contributed by atoms with van der Waals surface area (Å²) in [6, 6.07) is 18.4. The molecule has 0 aliphatic carbocycles. The monoisotopic (exact) mass is 444 g/mol. The minimum Gasteiger partial charge on any atom is -0.495 e. The van der Waals surface area contributed by atoms with Crippen LogP contribution in [0.1, 0.15) is 21.5 Å². The van der Waals surface area contributed by atoms with E-state index in [2.05, 4.69) is 10.0 Å². The predicted octanol–water partition coefficient (Wildman–Crippen LogP) is 4.39. The topological polar surface area (TPSA) is 84.5 Å². The molecule has 6 nitrogen and oxygen atoms in total. The van der Waals surface area contributed by atoms with E-state index >= 15 is 0 Å². The molecule has 0 fully saturated rings. The Morgan fingerprint density at radius 2 is 1.73 bits per heavy atom. The van der Waals surface area contributed by atoms with Crippen molar-refractivity contribution in [2.75, 3.05) is 11.8 Å². The summed E-state index contributed by atoms with van der Waals surface area (Å²) in [7, 11) is -2.48. The lowest BCUT2D eigenvalue weighted by atomic mass is 10.1. The first-order valence-electron chi connectivity index (χ1n) is 9.10. The molecule has 0 saturated carbocycles. The number of methoxy groups -OCH3 is 1. The first-order valence-corrected chi connectivity index (χ1v) is 11.0. The Kier molecular flexibility index (Phi) is 6.64. The van der Waals surface area contributed by atoms with E-state index in [-0.39, 0.29) is 17.0 Å². The third kappa shape index (κ3) is 4.93. The molecule has 0 aliphatic rings. The van der Waals surface area contributed by atoms with Crippen molar-refractivity contribution in [3.05, 3.63) is 88.4 Å². The standard InChI is InChI=1S/C22H21ClN2O4S/c1-15-11-12-16(22(26)24-14-17-7-3-4-8-18(17)23)13-21(15)30(27,28)25-19-9-5-6-10-20(19)29-2/h3-13,25H,14H2,1-2H3,(H,24,26). The normalized spacial score (nSPS) is 11.0. The van der Waals surface area contributed by atoms with Crippen LogP contribution in [0.2, 0.25) is 5.02 Å². The van der Waals surface area contributed by atoms with Crippen molar-refractivity contribution in [1.82, 2.24) is 5.32 Å². The Balaban J connectivity index is 1.83. The number of carbonyl (C=O) groups excluding carboxylic acids is 1. The summed E-state index contributed by atoms with van der Waals surface area (Å²) in [5, 5.41) is 3.31. The van der Waals surface area contributed by atoms with E-state index in [1.165, 1.54) is 13.2 Å². The molecule has 0 bridgehead atoms. The zero-order valence-corrected chi connectivity index (χ0v) is 18.0. The number of benzene rings is 3. The highest BCUT2D eigenvalue weighted by atomic mass is 35.5. The van der Waals surface area contributed by atoms with Gasteiger partial charge in [0.05, 0.1) is 17.7 Å².